The zero-order chi connectivity index (χ0) is 13.7. The number of hydrogen-bond donors (Lipinski definition) is 1. The topological polar surface area (TPSA) is 47.3 Å². The standard InChI is InChI=1S/C16H22N2O/c1-18(15-9-5-6-10-16(15)19)14(11-12-17)13-7-3-2-4-8-13/h2-4,7-8,14-16,19H,5-6,9-11H2,1H3. The fourth-order valence-corrected chi connectivity index (χ4v) is 3.06. The van der Waals surface area contributed by atoms with E-state index in [0.29, 0.717) is 6.42 Å². The minimum absolute atomic E-state index is 0.0731. The lowest BCUT2D eigenvalue weighted by molar-refractivity contribution is 0.0128. The van der Waals surface area contributed by atoms with E-state index < -0.39 is 0 Å². The number of nitrogens with zero attached hydrogens (tertiary/aromatic N) is 2. The van der Waals surface area contributed by atoms with Crippen LogP contribution in [-0.2, 0) is 0 Å². The third-order valence-electron chi connectivity index (χ3n) is 4.18. The van der Waals surface area contributed by atoms with Gasteiger partial charge in [-0.1, -0.05) is 43.2 Å². The minimum atomic E-state index is -0.261. The van der Waals surface area contributed by atoms with E-state index in [4.69, 9.17) is 5.26 Å². The lowest BCUT2D eigenvalue weighted by Gasteiger charge is -2.39. The number of aliphatic hydroxyl groups excluding tert-OH is 1. The van der Waals surface area contributed by atoms with Crippen molar-refractivity contribution >= 4 is 0 Å². The molecule has 3 nitrogen and oxygen atoms in total. The van der Waals surface area contributed by atoms with E-state index in [1.807, 2.05) is 25.2 Å². The summed E-state index contributed by atoms with van der Waals surface area (Å²) in [6, 6.07) is 12.6. The molecule has 1 aromatic rings. The summed E-state index contributed by atoms with van der Waals surface area (Å²) >= 11 is 0. The van der Waals surface area contributed by atoms with Gasteiger partial charge in [-0.05, 0) is 25.5 Å². The number of rotatable bonds is 4. The van der Waals surface area contributed by atoms with Crippen LogP contribution in [0.15, 0.2) is 30.3 Å². The van der Waals surface area contributed by atoms with E-state index in [1.165, 1.54) is 6.42 Å². The fourth-order valence-electron chi connectivity index (χ4n) is 3.06. The van der Waals surface area contributed by atoms with Gasteiger partial charge in [-0.25, -0.2) is 0 Å². The van der Waals surface area contributed by atoms with Crippen molar-refractivity contribution in [2.75, 3.05) is 7.05 Å². The fraction of sp³-hybridized carbons (Fsp3) is 0.562. The molecule has 0 radical (unpaired) electrons. The smallest absolute Gasteiger partial charge is 0.0695 e. The SMILES string of the molecule is CN(C(CC#N)c1ccccc1)C1CCCCC1O. The summed E-state index contributed by atoms with van der Waals surface area (Å²) in [7, 11) is 2.04. The van der Waals surface area contributed by atoms with Crippen LogP contribution in [0.2, 0.25) is 0 Å². The molecule has 0 spiro atoms. The van der Waals surface area contributed by atoms with Gasteiger partial charge in [0.15, 0.2) is 0 Å². The van der Waals surface area contributed by atoms with E-state index >= 15 is 0 Å². The molecule has 0 aromatic heterocycles. The lowest BCUT2D eigenvalue weighted by atomic mass is 9.89. The highest BCUT2D eigenvalue weighted by atomic mass is 16.3. The molecule has 1 aliphatic rings. The van der Waals surface area contributed by atoms with Gasteiger partial charge in [-0.15, -0.1) is 0 Å². The van der Waals surface area contributed by atoms with Crippen LogP contribution in [-0.4, -0.2) is 29.2 Å². The molecule has 1 aromatic carbocycles. The van der Waals surface area contributed by atoms with Crippen LogP contribution >= 0.6 is 0 Å². The first-order chi connectivity index (χ1) is 9.24. The van der Waals surface area contributed by atoms with Gasteiger partial charge >= 0.3 is 0 Å². The first-order valence-electron chi connectivity index (χ1n) is 7.06. The number of aliphatic hydroxyl groups is 1. The van der Waals surface area contributed by atoms with Crippen LogP contribution in [0, 0.1) is 11.3 Å². The Morgan fingerprint density at radius 3 is 2.63 bits per heavy atom. The summed E-state index contributed by atoms with van der Waals surface area (Å²) in [5.41, 5.74) is 1.16. The Bertz CT molecular complexity index is 426. The van der Waals surface area contributed by atoms with Crippen molar-refractivity contribution in [3.8, 4) is 6.07 Å². The first kappa shape index (κ1) is 14.0. The first-order valence-corrected chi connectivity index (χ1v) is 7.06. The molecule has 0 heterocycles. The number of benzene rings is 1. The molecule has 2 rings (SSSR count). The molecule has 3 heteroatoms. The van der Waals surface area contributed by atoms with Crippen molar-refractivity contribution in [3.63, 3.8) is 0 Å². The average molecular weight is 258 g/mol. The molecule has 0 bridgehead atoms. The monoisotopic (exact) mass is 258 g/mol. The summed E-state index contributed by atoms with van der Waals surface area (Å²) in [5, 5.41) is 19.3. The van der Waals surface area contributed by atoms with Gasteiger partial charge < -0.3 is 5.11 Å². The molecule has 0 saturated heterocycles. The molecular formula is C16H22N2O. The Hall–Kier alpha value is -1.37. The number of likely N-dealkylation sites (N-methyl/N-ethyl adjacent to an activating group) is 1. The van der Waals surface area contributed by atoms with Crippen LogP contribution in [0.3, 0.4) is 0 Å². The Morgan fingerprint density at radius 1 is 1.32 bits per heavy atom. The van der Waals surface area contributed by atoms with E-state index in [-0.39, 0.29) is 18.2 Å². The average Bonchev–Trinajstić information content (AvgIpc) is 2.45. The van der Waals surface area contributed by atoms with Crippen molar-refractivity contribution in [1.82, 2.24) is 4.90 Å². The predicted molar refractivity (Wildman–Crippen MR) is 75.4 cm³/mol. The molecule has 102 valence electrons. The van der Waals surface area contributed by atoms with Gasteiger partial charge in [0, 0.05) is 12.1 Å². The highest BCUT2D eigenvalue weighted by molar-refractivity contribution is 5.20. The zero-order valence-corrected chi connectivity index (χ0v) is 11.5. The summed E-state index contributed by atoms with van der Waals surface area (Å²) in [5.74, 6) is 0. The molecular weight excluding hydrogens is 236 g/mol. The third kappa shape index (κ3) is 3.34. The number of nitriles is 1. The third-order valence-corrected chi connectivity index (χ3v) is 4.18. The molecule has 1 N–H and O–H groups in total. The maximum Gasteiger partial charge on any atom is 0.0695 e. The van der Waals surface area contributed by atoms with Crippen LogP contribution < -0.4 is 0 Å². The second kappa shape index (κ2) is 6.70. The van der Waals surface area contributed by atoms with Crippen LogP contribution in [0.25, 0.3) is 0 Å². The van der Waals surface area contributed by atoms with Crippen LogP contribution in [0.4, 0.5) is 0 Å². The van der Waals surface area contributed by atoms with Gasteiger partial charge in [-0.2, -0.15) is 5.26 Å². The predicted octanol–water partition coefficient (Wildman–Crippen LogP) is 2.88. The molecule has 3 unspecified atom stereocenters. The summed E-state index contributed by atoms with van der Waals surface area (Å²) < 4.78 is 0. The Labute approximate surface area is 115 Å². The maximum absolute atomic E-state index is 10.2. The van der Waals surface area contributed by atoms with Gasteiger partial charge in [0.05, 0.1) is 18.6 Å². The zero-order valence-electron chi connectivity index (χ0n) is 11.5. The molecule has 1 fully saturated rings. The molecule has 1 saturated carbocycles. The second-order valence-corrected chi connectivity index (χ2v) is 5.37. The highest BCUT2D eigenvalue weighted by Gasteiger charge is 2.31. The van der Waals surface area contributed by atoms with E-state index in [1.54, 1.807) is 0 Å². The highest BCUT2D eigenvalue weighted by Crippen LogP contribution is 2.30. The molecule has 0 amide bonds. The van der Waals surface area contributed by atoms with Crippen molar-refractivity contribution in [2.24, 2.45) is 0 Å². The van der Waals surface area contributed by atoms with E-state index in [2.05, 4.69) is 23.1 Å². The summed E-state index contributed by atoms with van der Waals surface area (Å²) in [4.78, 5) is 2.20. The van der Waals surface area contributed by atoms with E-state index in [0.717, 1.165) is 24.8 Å². The summed E-state index contributed by atoms with van der Waals surface area (Å²) in [6.07, 6.45) is 4.38. The Kier molecular flexibility index (Phi) is 4.95. The molecule has 0 aliphatic heterocycles. The lowest BCUT2D eigenvalue weighted by Crippen LogP contribution is -2.45. The van der Waals surface area contributed by atoms with Gasteiger partial charge in [-0.3, -0.25) is 4.90 Å². The second-order valence-electron chi connectivity index (χ2n) is 5.37. The quantitative estimate of drug-likeness (QED) is 0.903. The number of hydrogen-bond acceptors (Lipinski definition) is 3. The van der Waals surface area contributed by atoms with Gasteiger partial charge in [0.2, 0.25) is 0 Å². The van der Waals surface area contributed by atoms with Crippen molar-refractivity contribution in [2.45, 2.75) is 50.3 Å². The van der Waals surface area contributed by atoms with Gasteiger partial charge in [0.1, 0.15) is 0 Å². The maximum atomic E-state index is 10.2. The Morgan fingerprint density at radius 2 is 2.00 bits per heavy atom. The minimum Gasteiger partial charge on any atom is -0.391 e. The molecule has 1 aliphatic carbocycles. The largest absolute Gasteiger partial charge is 0.391 e. The van der Waals surface area contributed by atoms with Crippen LogP contribution in [0.5, 0.6) is 0 Å². The van der Waals surface area contributed by atoms with Crippen molar-refractivity contribution in [3.05, 3.63) is 35.9 Å². The summed E-state index contributed by atoms with van der Waals surface area (Å²) in [6.45, 7) is 0. The van der Waals surface area contributed by atoms with Crippen molar-refractivity contribution in [1.29, 1.82) is 5.26 Å². The van der Waals surface area contributed by atoms with E-state index in [9.17, 15) is 5.11 Å². The molecule has 3 atom stereocenters. The normalized spacial score (nSPS) is 24.9. The van der Waals surface area contributed by atoms with Crippen LogP contribution in [0.1, 0.15) is 43.7 Å². The van der Waals surface area contributed by atoms with Gasteiger partial charge in [0.25, 0.3) is 0 Å². The Balaban J connectivity index is 2.17. The van der Waals surface area contributed by atoms with Crippen molar-refractivity contribution < 1.29 is 5.11 Å². The molecule has 19 heavy (non-hydrogen) atoms.